The summed E-state index contributed by atoms with van der Waals surface area (Å²) in [5, 5.41) is 0.586. The van der Waals surface area contributed by atoms with E-state index in [2.05, 4.69) is 18.7 Å². The molecule has 33 heavy (non-hydrogen) atoms. The lowest BCUT2D eigenvalue weighted by molar-refractivity contribution is -0.120. The van der Waals surface area contributed by atoms with Gasteiger partial charge in [-0.2, -0.15) is 0 Å². The highest BCUT2D eigenvalue weighted by Gasteiger charge is 2.23. The van der Waals surface area contributed by atoms with Crippen LogP contribution in [-0.2, 0) is 4.79 Å². The fraction of sp³-hybridized carbons (Fsp3) is 0.417. The van der Waals surface area contributed by atoms with E-state index in [0.29, 0.717) is 34.4 Å². The standard InChI is InChI=1S/C24H31N3O5S/c1-6-26(7-2)14-15-27(21(28)16-32-18-10-8-17(29-3)9-11-18)24-25-22-19(30-4)12-13-20(31-5)23(22)33-24/h8-13H,6-7,14-16H2,1-5H3. The molecule has 0 spiro atoms. The summed E-state index contributed by atoms with van der Waals surface area (Å²) in [5.74, 6) is 2.49. The number of fused-ring (bicyclic) bond motifs is 1. The number of likely N-dealkylation sites (N-methyl/N-ethyl adjacent to an activating group) is 1. The van der Waals surface area contributed by atoms with Crippen LogP contribution >= 0.6 is 11.3 Å². The molecule has 0 bridgehead atoms. The monoisotopic (exact) mass is 473 g/mol. The van der Waals surface area contributed by atoms with Gasteiger partial charge in [0.2, 0.25) is 0 Å². The molecule has 0 aliphatic heterocycles. The molecule has 0 N–H and O–H groups in total. The van der Waals surface area contributed by atoms with Crippen LogP contribution in [-0.4, -0.2) is 69.9 Å². The zero-order chi connectivity index (χ0) is 23.8. The van der Waals surface area contributed by atoms with Gasteiger partial charge in [0.25, 0.3) is 5.91 Å². The molecule has 9 heteroatoms. The number of benzene rings is 2. The lowest BCUT2D eigenvalue weighted by Crippen LogP contribution is -2.41. The van der Waals surface area contributed by atoms with Gasteiger partial charge in [0.05, 0.1) is 21.3 Å². The fourth-order valence-electron chi connectivity index (χ4n) is 3.39. The van der Waals surface area contributed by atoms with E-state index in [4.69, 9.17) is 23.9 Å². The van der Waals surface area contributed by atoms with Crippen LogP contribution in [0, 0.1) is 0 Å². The topological polar surface area (TPSA) is 73.4 Å². The second kappa shape index (κ2) is 11.7. The number of nitrogens with zero attached hydrogens (tertiary/aromatic N) is 3. The van der Waals surface area contributed by atoms with Crippen LogP contribution in [0.25, 0.3) is 10.2 Å². The Morgan fingerprint density at radius 1 is 0.879 bits per heavy atom. The van der Waals surface area contributed by atoms with Gasteiger partial charge in [0.1, 0.15) is 33.2 Å². The molecular weight excluding hydrogens is 442 g/mol. The summed E-state index contributed by atoms with van der Waals surface area (Å²) in [7, 11) is 4.83. The summed E-state index contributed by atoms with van der Waals surface area (Å²) in [6.45, 7) is 7.15. The minimum Gasteiger partial charge on any atom is -0.497 e. The first-order valence-electron chi connectivity index (χ1n) is 10.9. The first-order chi connectivity index (χ1) is 16.0. The van der Waals surface area contributed by atoms with E-state index in [1.807, 2.05) is 12.1 Å². The summed E-state index contributed by atoms with van der Waals surface area (Å²) < 4.78 is 22.8. The Labute approximate surface area is 198 Å². The summed E-state index contributed by atoms with van der Waals surface area (Å²) in [6, 6.07) is 10.8. The van der Waals surface area contributed by atoms with Gasteiger partial charge in [-0.15, -0.1) is 0 Å². The molecule has 1 amide bonds. The number of carbonyl (C=O) groups excluding carboxylic acids is 1. The van der Waals surface area contributed by atoms with Gasteiger partial charge < -0.3 is 23.8 Å². The van der Waals surface area contributed by atoms with Crippen LogP contribution in [0.15, 0.2) is 36.4 Å². The summed E-state index contributed by atoms with van der Waals surface area (Å²) >= 11 is 1.41. The maximum absolute atomic E-state index is 13.3. The Kier molecular flexibility index (Phi) is 8.73. The van der Waals surface area contributed by atoms with Crippen molar-refractivity contribution in [1.29, 1.82) is 0 Å². The molecule has 0 saturated carbocycles. The number of carbonyl (C=O) groups is 1. The van der Waals surface area contributed by atoms with Crippen LogP contribution in [0.3, 0.4) is 0 Å². The van der Waals surface area contributed by atoms with Crippen molar-refractivity contribution in [2.24, 2.45) is 0 Å². The third-order valence-corrected chi connectivity index (χ3v) is 6.48. The summed E-state index contributed by atoms with van der Waals surface area (Å²) in [4.78, 5) is 22.0. The van der Waals surface area contributed by atoms with Gasteiger partial charge >= 0.3 is 0 Å². The molecule has 0 aliphatic carbocycles. The number of aromatic nitrogens is 1. The van der Waals surface area contributed by atoms with E-state index >= 15 is 0 Å². The number of rotatable bonds is 12. The third-order valence-electron chi connectivity index (χ3n) is 5.39. The molecule has 0 atom stereocenters. The quantitative estimate of drug-likeness (QED) is 0.392. The molecule has 3 rings (SSSR count). The Morgan fingerprint density at radius 3 is 2.12 bits per heavy atom. The normalized spacial score (nSPS) is 11.0. The van der Waals surface area contributed by atoms with E-state index in [1.165, 1.54) is 11.3 Å². The molecule has 0 fully saturated rings. The number of amides is 1. The van der Waals surface area contributed by atoms with Gasteiger partial charge in [-0.3, -0.25) is 9.69 Å². The average molecular weight is 474 g/mol. The highest BCUT2D eigenvalue weighted by Crippen LogP contribution is 2.40. The number of anilines is 1. The molecule has 2 aromatic carbocycles. The van der Waals surface area contributed by atoms with Crippen molar-refractivity contribution in [3.63, 3.8) is 0 Å². The maximum atomic E-state index is 13.3. The first-order valence-corrected chi connectivity index (χ1v) is 11.7. The largest absolute Gasteiger partial charge is 0.497 e. The number of ether oxygens (including phenoxy) is 4. The van der Waals surface area contributed by atoms with Gasteiger partial charge in [-0.1, -0.05) is 25.2 Å². The lowest BCUT2D eigenvalue weighted by atomic mass is 10.3. The predicted octanol–water partition coefficient (Wildman–Crippen LogP) is 4.08. The van der Waals surface area contributed by atoms with Crippen molar-refractivity contribution < 1.29 is 23.7 Å². The van der Waals surface area contributed by atoms with E-state index in [9.17, 15) is 4.79 Å². The van der Waals surface area contributed by atoms with Crippen molar-refractivity contribution in [1.82, 2.24) is 9.88 Å². The molecule has 178 valence electrons. The molecule has 0 aliphatic rings. The number of hydrogen-bond donors (Lipinski definition) is 0. The Bertz CT molecular complexity index is 1010. The number of methoxy groups -OCH3 is 3. The highest BCUT2D eigenvalue weighted by atomic mass is 32.1. The smallest absolute Gasteiger partial charge is 0.266 e. The summed E-state index contributed by atoms with van der Waals surface area (Å²) in [6.07, 6.45) is 0. The predicted molar refractivity (Wildman–Crippen MR) is 131 cm³/mol. The molecule has 1 aromatic heterocycles. The van der Waals surface area contributed by atoms with Crippen LogP contribution < -0.4 is 23.8 Å². The van der Waals surface area contributed by atoms with E-state index in [0.717, 1.165) is 30.1 Å². The average Bonchev–Trinajstić information content (AvgIpc) is 3.30. The first kappa shape index (κ1) is 24.6. The third kappa shape index (κ3) is 5.85. The van der Waals surface area contributed by atoms with Crippen molar-refractivity contribution in [2.75, 3.05) is 59.0 Å². The second-order valence-electron chi connectivity index (χ2n) is 7.18. The van der Waals surface area contributed by atoms with Gasteiger partial charge in [-0.05, 0) is 49.5 Å². The van der Waals surface area contributed by atoms with E-state index < -0.39 is 0 Å². The second-order valence-corrected chi connectivity index (χ2v) is 8.16. The van der Waals surface area contributed by atoms with Crippen molar-refractivity contribution in [3.05, 3.63) is 36.4 Å². The minimum absolute atomic E-state index is 0.102. The van der Waals surface area contributed by atoms with Crippen LogP contribution in [0.2, 0.25) is 0 Å². The highest BCUT2D eigenvalue weighted by molar-refractivity contribution is 7.22. The summed E-state index contributed by atoms with van der Waals surface area (Å²) in [5.41, 5.74) is 0.675. The molecule has 0 unspecified atom stereocenters. The zero-order valence-electron chi connectivity index (χ0n) is 19.8. The SMILES string of the molecule is CCN(CC)CCN(C(=O)COc1ccc(OC)cc1)c1nc2c(OC)ccc(OC)c2s1. The number of hydrogen-bond acceptors (Lipinski definition) is 8. The zero-order valence-corrected chi connectivity index (χ0v) is 20.6. The minimum atomic E-state index is -0.171. The van der Waals surface area contributed by atoms with Crippen LogP contribution in [0.1, 0.15) is 13.8 Å². The molecule has 3 aromatic rings. The van der Waals surface area contributed by atoms with Crippen LogP contribution in [0.5, 0.6) is 23.0 Å². The van der Waals surface area contributed by atoms with Gasteiger partial charge in [-0.25, -0.2) is 4.98 Å². The Morgan fingerprint density at radius 2 is 1.52 bits per heavy atom. The van der Waals surface area contributed by atoms with Gasteiger partial charge in [0, 0.05) is 13.1 Å². The molecule has 1 heterocycles. The van der Waals surface area contributed by atoms with E-state index in [-0.39, 0.29) is 12.5 Å². The Hall–Kier alpha value is -3.04. The lowest BCUT2D eigenvalue weighted by Gasteiger charge is -2.24. The van der Waals surface area contributed by atoms with Crippen LogP contribution in [0.4, 0.5) is 5.13 Å². The van der Waals surface area contributed by atoms with Crippen molar-refractivity contribution in [3.8, 4) is 23.0 Å². The molecule has 8 nitrogen and oxygen atoms in total. The molecule has 0 radical (unpaired) electrons. The fourth-order valence-corrected chi connectivity index (χ4v) is 4.51. The van der Waals surface area contributed by atoms with Crippen molar-refractivity contribution in [2.45, 2.75) is 13.8 Å². The number of thiazole rings is 1. The van der Waals surface area contributed by atoms with E-state index in [1.54, 1.807) is 50.5 Å². The molecule has 0 saturated heterocycles. The molecular formula is C24H31N3O5S. The van der Waals surface area contributed by atoms with Crippen molar-refractivity contribution >= 4 is 32.6 Å². The Balaban J connectivity index is 1.87. The maximum Gasteiger partial charge on any atom is 0.266 e. The van der Waals surface area contributed by atoms with Gasteiger partial charge in [0.15, 0.2) is 11.7 Å².